The van der Waals surface area contributed by atoms with Gasteiger partial charge in [-0.3, -0.25) is 33.6 Å². The van der Waals surface area contributed by atoms with Gasteiger partial charge >= 0.3 is 0 Å². The van der Waals surface area contributed by atoms with Crippen molar-refractivity contribution in [1.29, 1.82) is 0 Å². The predicted octanol–water partition coefficient (Wildman–Crippen LogP) is 2.68. The topological polar surface area (TPSA) is 171 Å². The standard InChI is InChI=1S/C37H53N9O5S/c1-21(2)32-35(50)39-25(7)37(51)44(9)15-16-45(18-28-23(5)43-46(22(3)4)26(28)8)19-31(47)40-29(17-27-13-11-10-12-14-27)36-41-30(20-52-36)34(49)38-24(6)33(48)42-32/h10-14,20-22,24-25,29,32H,15-19H2,1-9H3,(H,38,49)(H,39,50)(H,40,47)(H,42,48)/t24-,25+,29-,32-/m0/s1. The molecule has 2 aromatic heterocycles. The number of likely N-dealkylation sites (N-methyl/N-ethyl adjacent to an activating group) is 1. The summed E-state index contributed by atoms with van der Waals surface area (Å²) < 4.78 is 1.97. The summed E-state index contributed by atoms with van der Waals surface area (Å²) in [6.07, 6.45) is 0.437. The SMILES string of the molecule is Cc1nn(C(C)C)c(C)c1CN1CCN(C)C(=O)[C@@H](C)NC(=O)[C@H](C(C)C)NC(=O)[C@H](C)NC(=O)c2csc(n2)[C@H](Cc2ccccc2)NC(=O)C1. The van der Waals surface area contributed by atoms with Crippen LogP contribution in [0.3, 0.4) is 0 Å². The van der Waals surface area contributed by atoms with Gasteiger partial charge in [-0.2, -0.15) is 5.10 Å². The maximum atomic E-state index is 13.9. The van der Waals surface area contributed by atoms with Gasteiger partial charge < -0.3 is 26.2 Å². The highest BCUT2D eigenvalue weighted by Gasteiger charge is 2.31. The average molecular weight is 736 g/mol. The molecule has 14 nitrogen and oxygen atoms in total. The first kappa shape index (κ1) is 40.1. The second-order valence-corrected chi connectivity index (χ2v) is 15.1. The van der Waals surface area contributed by atoms with Crippen molar-refractivity contribution in [3.63, 3.8) is 0 Å². The molecule has 0 fully saturated rings. The number of nitrogens with zero attached hydrogens (tertiary/aromatic N) is 5. The van der Waals surface area contributed by atoms with Crippen molar-refractivity contribution in [2.75, 3.05) is 26.7 Å². The van der Waals surface area contributed by atoms with Crippen molar-refractivity contribution in [2.45, 2.75) is 98.6 Å². The lowest BCUT2D eigenvalue weighted by atomic mass is 10.0. The zero-order valence-corrected chi connectivity index (χ0v) is 32.5. The third kappa shape index (κ3) is 10.2. The minimum absolute atomic E-state index is 0.0193. The molecule has 282 valence electrons. The summed E-state index contributed by atoms with van der Waals surface area (Å²) in [5.41, 5.74) is 3.97. The maximum Gasteiger partial charge on any atom is 0.271 e. The first-order valence-corrected chi connectivity index (χ1v) is 18.7. The first-order chi connectivity index (χ1) is 24.5. The number of rotatable bonds is 6. The summed E-state index contributed by atoms with van der Waals surface area (Å²) in [6.45, 7) is 15.9. The number of aryl methyl sites for hydroxylation is 1. The number of hydrogen-bond acceptors (Lipinski definition) is 9. The minimum atomic E-state index is -0.989. The van der Waals surface area contributed by atoms with Crippen molar-refractivity contribution >= 4 is 40.9 Å². The largest absolute Gasteiger partial charge is 0.345 e. The van der Waals surface area contributed by atoms with Gasteiger partial charge in [0.2, 0.25) is 23.6 Å². The number of thiazole rings is 1. The molecule has 4 rings (SSSR count). The smallest absolute Gasteiger partial charge is 0.271 e. The molecule has 3 aromatic rings. The van der Waals surface area contributed by atoms with Gasteiger partial charge in [-0.1, -0.05) is 44.2 Å². The molecule has 0 unspecified atom stereocenters. The van der Waals surface area contributed by atoms with Gasteiger partial charge in [-0.05, 0) is 59.4 Å². The molecule has 5 amide bonds. The predicted molar refractivity (Wildman–Crippen MR) is 199 cm³/mol. The Morgan fingerprint density at radius 1 is 0.885 bits per heavy atom. The van der Waals surface area contributed by atoms with Crippen LogP contribution in [0, 0.1) is 19.8 Å². The second kappa shape index (κ2) is 17.7. The third-order valence-corrected chi connectivity index (χ3v) is 10.2. The lowest BCUT2D eigenvalue weighted by Crippen LogP contribution is -2.57. The fourth-order valence-corrected chi connectivity index (χ4v) is 7.01. The van der Waals surface area contributed by atoms with E-state index >= 15 is 0 Å². The molecule has 0 spiro atoms. The van der Waals surface area contributed by atoms with E-state index in [0.717, 1.165) is 22.5 Å². The molecule has 3 heterocycles. The van der Waals surface area contributed by atoms with Crippen LogP contribution in [0.1, 0.15) is 91.6 Å². The number of amides is 5. The molecule has 4 atom stereocenters. The van der Waals surface area contributed by atoms with E-state index in [1.54, 1.807) is 33.2 Å². The Hall–Kier alpha value is -4.63. The second-order valence-electron chi connectivity index (χ2n) is 14.2. The van der Waals surface area contributed by atoms with Crippen LogP contribution in [0.15, 0.2) is 35.7 Å². The Kier molecular flexibility index (Phi) is 13.7. The lowest BCUT2D eigenvalue weighted by Gasteiger charge is -2.29. The van der Waals surface area contributed by atoms with Gasteiger partial charge in [0.05, 0.1) is 18.3 Å². The Morgan fingerprint density at radius 3 is 2.21 bits per heavy atom. The Bertz CT molecular complexity index is 1740. The molecular weight excluding hydrogens is 683 g/mol. The van der Waals surface area contributed by atoms with Crippen molar-refractivity contribution in [2.24, 2.45) is 5.92 Å². The van der Waals surface area contributed by atoms with Crippen LogP contribution in [0.4, 0.5) is 0 Å². The van der Waals surface area contributed by atoms with Crippen LogP contribution in [-0.2, 0) is 32.1 Å². The monoisotopic (exact) mass is 735 g/mol. The lowest BCUT2D eigenvalue weighted by molar-refractivity contribution is -0.136. The average Bonchev–Trinajstić information content (AvgIpc) is 3.70. The van der Waals surface area contributed by atoms with Crippen LogP contribution in [0.2, 0.25) is 0 Å². The van der Waals surface area contributed by atoms with E-state index in [4.69, 9.17) is 5.10 Å². The first-order valence-electron chi connectivity index (χ1n) is 17.8. The summed E-state index contributed by atoms with van der Waals surface area (Å²) >= 11 is 1.25. The normalized spacial score (nSPS) is 22.1. The van der Waals surface area contributed by atoms with E-state index in [2.05, 4.69) is 40.1 Å². The Balaban J connectivity index is 1.70. The molecular formula is C37H53N9O5S. The maximum absolute atomic E-state index is 13.9. The number of carbonyl (C=O) groups excluding carboxylic acids is 5. The van der Waals surface area contributed by atoms with E-state index < -0.39 is 41.9 Å². The van der Waals surface area contributed by atoms with Crippen LogP contribution < -0.4 is 21.3 Å². The van der Waals surface area contributed by atoms with Crippen molar-refractivity contribution in [1.82, 2.24) is 45.8 Å². The van der Waals surface area contributed by atoms with Crippen LogP contribution in [0.25, 0.3) is 0 Å². The highest BCUT2D eigenvalue weighted by Crippen LogP contribution is 2.24. The van der Waals surface area contributed by atoms with Crippen molar-refractivity contribution < 1.29 is 24.0 Å². The summed E-state index contributed by atoms with van der Waals surface area (Å²) in [5, 5.41) is 18.2. The van der Waals surface area contributed by atoms with E-state index in [1.165, 1.54) is 23.2 Å². The van der Waals surface area contributed by atoms with Crippen LogP contribution in [0.5, 0.6) is 0 Å². The minimum Gasteiger partial charge on any atom is -0.345 e. The van der Waals surface area contributed by atoms with E-state index in [1.807, 2.05) is 53.8 Å². The molecule has 0 aliphatic carbocycles. The number of hydrogen-bond donors (Lipinski definition) is 4. The van der Waals surface area contributed by atoms with Gasteiger partial charge in [-0.25, -0.2) is 4.98 Å². The molecule has 15 heteroatoms. The summed E-state index contributed by atoms with van der Waals surface area (Å²) in [5.74, 6) is -2.51. The third-order valence-electron chi connectivity index (χ3n) is 9.23. The fraction of sp³-hybridized carbons (Fsp3) is 0.541. The fourth-order valence-electron chi connectivity index (χ4n) is 6.16. The van der Waals surface area contributed by atoms with Gasteiger partial charge in [0.15, 0.2) is 0 Å². The van der Waals surface area contributed by atoms with E-state index in [-0.39, 0.29) is 42.6 Å². The summed E-state index contributed by atoms with van der Waals surface area (Å²) in [4.78, 5) is 75.3. The van der Waals surface area contributed by atoms with Crippen molar-refractivity contribution in [3.8, 4) is 0 Å². The highest BCUT2D eigenvalue weighted by atomic mass is 32.1. The quantitative estimate of drug-likeness (QED) is 0.300. The Morgan fingerprint density at radius 2 is 1.58 bits per heavy atom. The zero-order chi connectivity index (χ0) is 38.3. The molecule has 0 radical (unpaired) electrons. The number of benzene rings is 1. The van der Waals surface area contributed by atoms with E-state index in [0.29, 0.717) is 24.5 Å². The molecule has 2 bridgehead atoms. The zero-order valence-electron chi connectivity index (χ0n) is 31.6. The number of nitrogens with one attached hydrogen (secondary N) is 4. The van der Waals surface area contributed by atoms with Crippen molar-refractivity contribution in [3.05, 3.63) is 68.9 Å². The number of aromatic nitrogens is 3. The van der Waals surface area contributed by atoms with Gasteiger partial charge in [0, 0.05) is 49.4 Å². The van der Waals surface area contributed by atoms with Gasteiger partial charge in [0.25, 0.3) is 5.91 Å². The highest BCUT2D eigenvalue weighted by molar-refractivity contribution is 7.09. The Labute approximate surface area is 310 Å². The summed E-state index contributed by atoms with van der Waals surface area (Å²) in [6, 6.07) is 6.50. The molecule has 1 aliphatic heterocycles. The van der Waals surface area contributed by atoms with Gasteiger partial charge in [0.1, 0.15) is 28.8 Å². The molecule has 1 aliphatic rings. The molecule has 1 aromatic carbocycles. The number of carbonyl (C=O) groups is 5. The number of fused-ring (bicyclic) bond motifs is 2. The van der Waals surface area contributed by atoms with Crippen LogP contribution in [-0.4, -0.2) is 98.9 Å². The van der Waals surface area contributed by atoms with Crippen LogP contribution >= 0.6 is 11.3 Å². The molecule has 0 saturated heterocycles. The summed E-state index contributed by atoms with van der Waals surface area (Å²) in [7, 11) is 1.66. The van der Waals surface area contributed by atoms with Gasteiger partial charge in [-0.15, -0.1) is 11.3 Å². The molecule has 0 saturated carbocycles. The molecule has 52 heavy (non-hydrogen) atoms. The molecule has 4 N–H and O–H groups in total. The van der Waals surface area contributed by atoms with E-state index in [9.17, 15) is 24.0 Å².